The van der Waals surface area contributed by atoms with Gasteiger partial charge in [0, 0.05) is 0 Å². The molecule has 0 aromatic heterocycles. The van der Waals surface area contributed by atoms with Crippen LogP contribution in [0.4, 0.5) is 0 Å². The van der Waals surface area contributed by atoms with Gasteiger partial charge in [-0.2, -0.15) is 0 Å². The fourth-order valence-corrected chi connectivity index (χ4v) is 4.83. The van der Waals surface area contributed by atoms with Crippen LogP contribution in [-0.2, 0) is 0 Å². The van der Waals surface area contributed by atoms with Gasteiger partial charge >= 0.3 is 120 Å². The summed E-state index contributed by atoms with van der Waals surface area (Å²) < 4.78 is 0. The maximum atomic E-state index is 6.76. The first-order chi connectivity index (χ1) is 10.4. The average molecular weight is 351 g/mol. The number of unbranched alkanes of at least 4 members (excludes halogenated alkanes) is 13. The van der Waals surface area contributed by atoms with Crippen LogP contribution < -0.4 is 0 Å². The molecule has 0 bridgehead atoms. The van der Waals surface area contributed by atoms with Crippen LogP contribution in [-0.4, -0.2) is 25.7 Å². The topological polar surface area (TPSA) is 0 Å². The van der Waals surface area contributed by atoms with E-state index in [9.17, 15) is 0 Å². The Morgan fingerprint density at radius 2 is 0.864 bits per heavy atom. The Labute approximate surface area is 146 Å². The van der Waals surface area contributed by atoms with Crippen molar-refractivity contribution in [2.45, 2.75) is 104 Å². The first-order valence-corrected chi connectivity index (χ1v) is 14.5. The minimum atomic E-state index is -1.77. The summed E-state index contributed by atoms with van der Waals surface area (Å²) >= 11 is 6.76. The fourth-order valence-electron chi connectivity index (χ4n) is 2.95. The summed E-state index contributed by atoms with van der Waals surface area (Å²) in [5, 5.41) is 0. The van der Waals surface area contributed by atoms with Gasteiger partial charge in [-0.3, -0.25) is 0 Å². The number of rotatable bonds is 16. The summed E-state index contributed by atoms with van der Waals surface area (Å²) in [6, 6.07) is 0. The molecular weight excluding hydrogens is 307 g/mol. The van der Waals surface area contributed by atoms with Crippen LogP contribution in [0.3, 0.4) is 0 Å². The Morgan fingerprint density at radius 1 is 0.545 bits per heavy atom. The predicted octanol–water partition coefficient (Wildman–Crippen LogP) is 8.45. The van der Waals surface area contributed by atoms with Crippen LogP contribution in [0.2, 0.25) is 0 Å². The van der Waals surface area contributed by atoms with E-state index >= 15 is 0 Å². The quantitative estimate of drug-likeness (QED) is 0.193. The Balaban J connectivity index is 3.18. The molecule has 0 aromatic rings. The summed E-state index contributed by atoms with van der Waals surface area (Å²) in [5.74, 6) is -1.77. The van der Waals surface area contributed by atoms with Crippen molar-refractivity contribution in [3.63, 3.8) is 0 Å². The summed E-state index contributed by atoms with van der Waals surface area (Å²) in [6.07, 6.45) is 22.6. The first kappa shape index (κ1) is 22.7. The van der Waals surface area contributed by atoms with Gasteiger partial charge in [-0.15, -0.1) is 0 Å². The maximum absolute atomic E-state index is 6.76. The van der Waals surface area contributed by atoms with Crippen molar-refractivity contribution in [3.05, 3.63) is 0 Å². The van der Waals surface area contributed by atoms with Crippen molar-refractivity contribution in [2.24, 2.45) is 0 Å². The molecule has 0 unspecified atom stereocenters. The van der Waals surface area contributed by atoms with E-state index in [-0.39, 0.29) is 0 Å². The zero-order valence-electron chi connectivity index (χ0n) is 16.1. The number of halogens is 1. The molecule has 0 aliphatic heterocycles. The second-order valence-corrected chi connectivity index (χ2v) is 17.7. The Morgan fingerprint density at radius 3 is 1.18 bits per heavy atom. The Kier molecular flexibility index (Phi) is 13.5. The van der Waals surface area contributed by atoms with Crippen molar-refractivity contribution in [3.8, 4) is 0 Å². The molecule has 0 rings (SSSR count). The molecule has 0 nitrogen and oxygen atoms in total. The van der Waals surface area contributed by atoms with Crippen LogP contribution in [0.1, 0.15) is 104 Å². The third-order valence-corrected chi connectivity index (χ3v) is 10.0. The van der Waals surface area contributed by atoms with E-state index in [4.69, 9.17) is 11.2 Å². The van der Waals surface area contributed by atoms with E-state index in [1.165, 1.54) is 102 Å². The monoisotopic (exact) mass is 350 g/mol. The van der Waals surface area contributed by atoms with Crippen molar-refractivity contribution >= 4 is 17.2 Å². The first-order valence-electron chi connectivity index (χ1n) is 10.1. The average Bonchev–Trinajstić information content (AvgIpc) is 2.47. The van der Waals surface area contributed by atoms with Gasteiger partial charge in [-0.05, 0) is 0 Å². The molecule has 0 saturated carbocycles. The minimum absolute atomic E-state index is 1.19. The van der Waals surface area contributed by atoms with Crippen molar-refractivity contribution < 1.29 is 0 Å². The summed E-state index contributed by atoms with van der Waals surface area (Å²) in [6.45, 7) is 9.21. The molecule has 0 spiro atoms. The zero-order chi connectivity index (χ0) is 16.8. The van der Waals surface area contributed by atoms with Gasteiger partial charge < -0.3 is 0 Å². The van der Waals surface area contributed by atoms with E-state index in [0.29, 0.717) is 0 Å². The van der Waals surface area contributed by atoms with Gasteiger partial charge in [0.25, 0.3) is 0 Å². The van der Waals surface area contributed by atoms with Crippen molar-refractivity contribution in [1.82, 2.24) is 0 Å². The van der Waals surface area contributed by atoms with Gasteiger partial charge in [0.15, 0.2) is 0 Å². The fraction of sp³-hybridized carbons (Fsp3) is 1.00. The molecule has 22 heavy (non-hydrogen) atoms. The summed E-state index contributed by atoms with van der Waals surface area (Å²) in [7, 11) is 0. The second-order valence-electron chi connectivity index (χ2n) is 8.15. The molecule has 0 aliphatic rings. The van der Waals surface area contributed by atoms with Gasteiger partial charge in [0.05, 0.1) is 0 Å². The Hall–Kier alpha value is 0.720. The summed E-state index contributed by atoms with van der Waals surface area (Å²) in [5.41, 5.74) is 0. The SMILES string of the molecule is CCCCCCCCCCCCCCCCP(C)(C)(Cl)CC. The molecule has 136 valence electrons. The molecule has 0 radical (unpaired) electrons. The van der Waals surface area contributed by atoms with Gasteiger partial charge in [0.2, 0.25) is 0 Å². The van der Waals surface area contributed by atoms with Crippen LogP contribution in [0.25, 0.3) is 0 Å². The van der Waals surface area contributed by atoms with E-state index in [2.05, 4.69) is 27.2 Å². The zero-order valence-corrected chi connectivity index (χ0v) is 17.8. The molecule has 0 N–H and O–H groups in total. The third kappa shape index (κ3) is 15.6. The van der Waals surface area contributed by atoms with Gasteiger partial charge in [-0.1, -0.05) is 26.2 Å². The molecule has 0 amide bonds. The molecule has 0 fully saturated rings. The van der Waals surface area contributed by atoms with Gasteiger partial charge in [-0.25, -0.2) is 0 Å². The second kappa shape index (κ2) is 13.1. The normalized spacial score (nSPS) is 14.0. The van der Waals surface area contributed by atoms with E-state index in [1.54, 1.807) is 0 Å². The van der Waals surface area contributed by atoms with Crippen LogP contribution in [0.15, 0.2) is 0 Å². The van der Waals surface area contributed by atoms with Crippen molar-refractivity contribution in [1.29, 1.82) is 0 Å². The molecule has 0 atom stereocenters. The molecular formula is C20H44ClP. The molecule has 0 aliphatic carbocycles. The Bertz CT molecular complexity index is 242. The molecule has 2 heteroatoms. The molecule has 0 aromatic carbocycles. The van der Waals surface area contributed by atoms with Gasteiger partial charge in [0.1, 0.15) is 0 Å². The number of hydrogen-bond acceptors (Lipinski definition) is 0. The van der Waals surface area contributed by atoms with Crippen molar-refractivity contribution in [2.75, 3.05) is 25.7 Å². The molecule has 0 heterocycles. The predicted molar refractivity (Wildman–Crippen MR) is 110 cm³/mol. The third-order valence-electron chi connectivity index (χ3n) is 5.18. The van der Waals surface area contributed by atoms with Crippen LogP contribution in [0, 0.1) is 0 Å². The van der Waals surface area contributed by atoms with E-state index in [1.807, 2.05) is 0 Å². The van der Waals surface area contributed by atoms with Crippen LogP contribution >= 0.6 is 17.2 Å². The van der Waals surface area contributed by atoms with E-state index < -0.39 is 5.96 Å². The van der Waals surface area contributed by atoms with Crippen LogP contribution in [0.5, 0.6) is 0 Å². The standard InChI is InChI=1S/C20H44ClP/c1-5-7-8-9-10-11-12-13-14-15-16-17-18-19-20-22(3,4,21)6-2/h5-20H2,1-4H3. The van der Waals surface area contributed by atoms with E-state index in [0.717, 1.165) is 0 Å². The molecule has 0 saturated heterocycles. The number of hydrogen-bond donors (Lipinski definition) is 0. The summed E-state index contributed by atoms with van der Waals surface area (Å²) in [4.78, 5) is 0.